The van der Waals surface area contributed by atoms with Crippen LogP contribution in [0.5, 0.6) is 0 Å². The highest BCUT2D eigenvalue weighted by atomic mass is 16.7. The first-order valence-corrected chi connectivity index (χ1v) is 12.6. The number of carbonyl (C=O) groups is 1. The van der Waals surface area contributed by atoms with Crippen LogP contribution in [-0.2, 0) is 19.0 Å². The van der Waals surface area contributed by atoms with Crippen LogP contribution in [0.15, 0.2) is 23.0 Å². The Hall–Kier alpha value is -1.29. The van der Waals surface area contributed by atoms with Crippen LogP contribution in [0, 0.1) is 34.5 Å². The van der Waals surface area contributed by atoms with E-state index in [0.29, 0.717) is 12.5 Å². The highest BCUT2D eigenvalue weighted by Gasteiger charge is 2.60. The molecule has 1 aliphatic heterocycles. The summed E-state index contributed by atoms with van der Waals surface area (Å²) in [4.78, 5) is 11.5. The summed E-state index contributed by atoms with van der Waals surface area (Å²) in [5.41, 5.74) is 3.75. The molecule has 8 atom stereocenters. The predicted octanol–water partition coefficient (Wildman–Crippen LogP) is 6.16. The largest absolute Gasteiger partial charge is 0.470 e. The molecule has 0 N–H and O–H groups in total. The number of carbonyl (C=O) groups excluding carboxylic acids is 1. The Morgan fingerprint density at radius 1 is 1.16 bits per heavy atom. The monoisotopic (exact) mass is 428 g/mol. The summed E-state index contributed by atoms with van der Waals surface area (Å²) in [5, 5.41) is 0. The number of ether oxygens (including phenoxy) is 3. The van der Waals surface area contributed by atoms with Crippen molar-refractivity contribution in [1.82, 2.24) is 0 Å². The summed E-state index contributed by atoms with van der Waals surface area (Å²) in [6.07, 6.45) is 11.8. The van der Waals surface area contributed by atoms with Gasteiger partial charge in [-0.25, -0.2) is 0 Å². The summed E-state index contributed by atoms with van der Waals surface area (Å²) in [5.74, 6) is 3.89. The molecule has 0 aromatic carbocycles. The average molecular weight is 429 g/mol. The molecule has 0 bridgehead atoms. The van der Waals surface area contributed by atoms with E-state index in [1.165, 1.54) is 32.6 Å². The second-order valence-corrected chi connectivity index (χ2v) is 11.3. The van der Waals surface area contributed by atoms with E-state index in [4.69, 9.17) is 14.2 Å². The number of fused-ring (bicyclic) bond motifs is 7. The third-order valence-corrected chi connectivity index (χ3v) is 9.86. The molecular formula is C27H40O4. The normalized spacial score (nSPS) is 46.2. The van der Waals surface area contributed by atoms with Gasteiger partial charge in [0.2, 0.25) is 0 Å². The van der Waals surface area contributed by atoms with Gasteiger partial charge in [0.05, 0.1) is 5.76 Å². The summed E-state index contributed by atoms with van der Waals surface area (Å²) < 4.78 is 17.7. The van der Waals surface area contributed by atoms with E-state index in [-0.39, 0.29) is 29.2 Å². The molecular weight excluding hydrogens is 388 g/mol. The fourth-order valence-corrected chi connectivity index (χ4v) is 8.68. The molecule has 172 valence electrons. The van der Waals surface area contributed by atoms with Gasteiger partial charge >= 0.3 is 5.97 Å². The molecule has 1 heterocycles. The SMILES string of the molecule is CCOC1CC2CC3C4CC=C5CC(OC(C)=O)CCC5(C)C4CCC3(C)C2=C(C)O1. The predicted molar refractivity (Wildman–Crippen MR) is 120 cm³/mol. The van der Waals surface area contributed by atoms with Gasteiger partial charge in [-0.3, -0.25) is 4.79 Å². The topological polar surface area (TPSA) is 44.8 Å². The summed E-state index contributed by atoms with van der Waals surface area (Å²) >= 11 is 0. The lowest BCUT2D eigenvalue weighted by atomic mass is 9.48. The van der Waals surface area contributed by atoms with Crippen molar-refractivity contribution in [3.63, 3.8) is 0 Å². The molecule has 5 rings (SSSR count). The molecule has 4 heteroatoms. The molecule has 0 saturated heterocycles. The minimum absolute atomic E-state index is 0.0646. The van der Waals surface area contributed by atoms with E-state index in [1.807, 2.05) is 0 Å². The lowest BCUT2D eigenvalue weighted by Gasteiger charge is -2.57. The number of hydrogen-bond donors (Lipinski definition) is 0. The van der Waals surface area contributed by atoms with Crippen LogP contribution in [-0.4, -0.2) is 25.0 Å². The van der Waals surface area contributed by atoms with Gasteiger partial charge in [-0.2, -0.15) is 0 Å². The molecule has 0 aromatic rings. The highest BCUT2D eigenvalue weighted by molar-refractivity contribution is 5.66. The van der Waals surface area contributed by atoms with Crippen molar-refractivity contribution in [2.75, 3.05) is 6.61 Å². The molecule has 0 aromatic heterocycles. The van der Waals surface area contributed by atoms with Crippen LogP contribution in [0.4, 0.5) is 0 Å². The molecule has 0 spiro atoms. The van der Waals surface area contributed by atoms with Crippen molar-refractivity contribution in [3.05, 3.63) is 23.0 Å². The fraction of sp³-hybridized carbons (Fsp3) is 0.815. The summed E-state index contributed by atoms with van der Waals surface area (Å²) in [6, 6.07) is 0. The van der Waals surface area contributed by atoms with Gasteiger partial charge in [0.1, 0.15) is 6.10 Å². The molecule has 0 radical (unpaired) electrons. The van der Waals surface area contributed by atoms with Crippen LogP contribution >= 0.6 is 0 Å². The van der Waals surface area contributed by atoms with Crippen LogP contribution in [0.2, 0.25) is 0 Å². The maximum absolute atomic E-state index is 11.5. The number of allylic oxidation sites excluding steroid dienone is 3. The quantitative estimate of drug-likeness (QED) is 0.399. The molecule has 4 aliphatic carbocycles. The minimum atomic E-state index is -0.138. The molecule has 8 unspecified atom stereocenters. The van der Waals surface area contributed by atoms with Crippen molar-refractivity contribution >= 4 is 5.97 Å². The van der Waals surface area contributed by atoms with Gasteiger partial charge in [-0.1, -0.05) is 25.5 Å². The van der Waals surface area contributed by atoms with Crippen molar-refractivity contribution in [2.24, 2.45) is 34.5 Å². The van der Waals surface area contributed by atoms with E-state index in [1.54, 1.807) is 11.1 Å². The van der Waals surface area contributed by atoms with Gasteiger partial charge < -0.3 is 14.2 Å². The second-order valence-electron chi connectivity index (χ2n) is 11.3. The molecule has 4 nitrogen and oxygen atoms in total. The maximum Gasteiger partial charge on any atom is 0.302 e. The van der Waals surface area contributed by atoms with Crippen LogP contribution < -0.4 is 0 Å². The first-order chi connectivity index (χ1) is 14.8. The zero-order chi connectivity index (χ0) is 22.0. The van der Waals surface area contributed by atoms with E-state index < -0.39 is 0 Å². The maximum atomic E-state index is 11.5. The lowest BCUT2D eigenvalue weighted by molar-refractivity contribution is -0.148. The third kappa shape index (κ3) is 3.31. The Kier molecular flexibility index (Phi) is 5.31. The van der Waals surface area contributed by atoms with Crippen molar-refractivity contribution in [2.45, 2.75) is 98.4 Å². The Labute approximate surface area is 187 Å². The summed E-state index contributed by atoms with van der Waals surface area (Å²) in [7, 11) is 0. The molecule has 31 heavy (non-hydrogen) atoms. The summed E-state index contributed by atoms with van der Waals surface area (Å²) in [6.45, 7) is 11.5. The Morgan fingerprint density at radius 3 is 2.68 bits per heavy atom. The van der Waals surface area contributed by atoms with Gasteiger partial charge in [0.25, 0.3) is 0 Å². The van der Waals surface area contributed by atoms with Crippen LogP contribution in [0.3, 0.4) is 0 Å². The Morgan fingerprint density at radius 2 is 1.94 bits per heavy atom. The second kappa shape index (κ2) is 7.64. The Balaban J connectivity index is 1.41. The van der Waals surface area contributed by atoms with Gasteiger partial charge in [-0.15, -0.1) is 0 Å². The van der Waals surface area contributed by atoms with Gasteiger partial charge in [0, 0.05) is 26.4 Å². The minimum Gasteiger partial charge on any atom is -0.470 e. The average Bonchev–Trinajstić information content (AvgIpc) is 3.01. The molecule has 0 amide bonds. The number of hydrogen-bond acceptors (Lipinski definition) is 4. The fourth-order valence-electron chi connectivity index (χ4n) is 8.68. The number of rotatable bonds is 3. The first-order valence-electron chi connectivity index (χ1n) is 12.6. The lowest BCUT2D eigenvalue weighted by Crippen LogP contribution is -2.49. The zero-order valence-corrected chi connectivity index (χ0v) is 20.0. The van der Waals surface area contributed by atoms with Crippen LogP contribution in [0.25, 0.3) is 0 Å². The number of esters is 1. The van der Waals surface area contributed by atoms with Crippen molar-refractivity contribution < 1.29 is 19.0 Å². The van der Waals surface area contributed by atoms with Crippen LogP contribution in [0.1, 0.15) is 86.0 Å². The zero-order valence-electron chi connectivity index (χ0n) is 20.0. The van der Waals surface area contributed by atoms with Gasteiger partial charge in [-0.05, 0) is 92.4 Å². The van der Waals surface area contributed by atoms with Crippen molar-refractivity contribution in [3.8, 4) is 0 Å². The third-order valence-electron chi connectivity index (χ3n) is 9.86. The van der Waals surface area contributed by atoms with E-state index in [2.05, 4.69) is 33.8 Å². The molecule has 3 saturated carbocycles. The van der Waals surface area contributed by atoms with E-state index >= 15 is 0 Å². The molecule has 5 aliphatic rings. The van der Waals surface area contributed by atoms with Gasteiger partial charge in [0.15, 0.2) is 6.29 Å². The first kappa shape index (κ1) is 21.6. The van der Waals surface area contributed by atoms with E-state index in [0.717, 1.165) is 49.2 Å². The van der Waals surface area contributed by atoms with E-state index in [9.17, 15) is 4.79 Å². The van der Waals surface area contributed by atoms with Crippen molar-refractivity contribution in [1.29, 1.82) is 0 Å². The smallest absolute Gasteiger partial charge is 0.302 e. The standard InChI is InChI=1S/C27H40O4/c1-6-29-24-14-18-13-23-21-8-7-19-15-20(31-17(3)28)9-11-26(19,4)22(21)10-12-27(23,5)25(18)16(2)30-24/h7,18,20-24H,6,8-15H2,1-5H3. The Bertz CT molecular complexity index is 812. The highest BCUT2D eigenvalue weighted by Crippen LogP contribution is 2.68. The molecule has 3 fully saturated rings.